The molecule has 0 aromatic heterocycles. The van der Waals surface area contributed by atoms with Crippen molar-refractivity contribution in [2.24, 2.45) is 0 Å². The molecule has 1 aliphatic rings. The largest absolute Gasteiger partial charge is 0.350 e. The van der Waals surface area contributed by atoms with Crippen molar-refractivity contribution < 1.29 is 14.4 Å². The topological polar surface area (TPSA) is 78.5 Å². The van der Waals surface area contributed by atoms with E-state index >= 15 is 0 Å². The molecule has 28 heavy (non-hydrogen) atoms. The predicted octanol–water partition coefficient (Wildman–Crippen LogP) is 3.79. The maximum atomic E-state index is 12.9. The Bertz CT molecular complexity index is 996. The van der Waals surface area contributed by atoms with E-state index in [-0.39, 0.29) is 23.7 Å². The maximum Gasteiger partial charge on any atom is 0.278 e. The van der Waals surface area contributed by atoms with Crippen LogP contribution in [0.4, 0.5) is 11.4 Å². The number of carbonyl (C=O) groups is 3. The number of amides is 3. The molecule has 0 bridgehead atoms. The number of nitrogens with one attached hydrogen (secondary N) is 2. The van der Waals surface area contributed by atoms with Gasteiger partial charge in [-0.1, -0.05) is 40.2 Å². The molecule has 2 N–H and O–H groups in total. The molecular weight excluding hydrogens is 422 g/mol. The fourth-order valence-corrected chi connectivity index (χ4v) is 3.29. The molecule has 142 valence electrons. The van der Waals surface area contributed by atoms with Crippen molar-refractivity contribution in [2.45, 2.75) is 6.92 Å². The third kappa shape index (κ3) is 4.04. The minimum Gasteiger partial charge on any atom is -0.350 e. The summed E-state index contributed by atoms with van der Waals surface area (Å²) in [6, 6.07) is 14.1. The van der Waals surface area contributed by atoms with E-state index in [0.29, 0.717) is 16.9 Å². The Morgan fingerprint density at radius 3 is 2.43 bits per heavy atom. The SMILES string of the molecule is C=CCN1C(=O)C(Nc2cccc(Br)c2)=C(c2ccc(NC(C)=O)cc2)C1=O. The highest BCUT2D eigenvalue weighted by Gasteiger charge is 2.38. The van der Waals surface area contributed by atoms with Crippen LogP contribution in [-0.4, -0.2) is 29.2 Å². The van der Waals surface area contributed by atoms with Crippen LogP contribution in [0.15, 0.2) is 71.4 Å². The monoisotopic (exact) mass is 439 g/mol. The van der Waals surface area contributed by atoms with Gasteiger partial charge in [-0.05, 0) is 35.9 Å². The lowest BCUT2D eigenvalue weighted by atomic mass is 10.0. The van der Waals surface area contributed by atoms with Gasteiger partial charge in [-0.3, -0.25) is 19.3 Å². The summed E-state index contributed by atoms with van der Waals surface area (Å²) >= 11 is 3.40. The van der Waals surface area contributed by atoms with Gasteiger partial charge >= 0.3 is 0 Å². The number of anilines is 2. The van der Waals surface area contributed by atoms with E-state index in [4.69, 9.17) is 0 Å². The Labute approximate surface area is 171 Å². The lowest BCUT2D eigenvalue weighted by Crippen LogP contribution is -2.32. The minimum absolute atomic E-state index is 0.120. The number of hydrogen-bond acceptors (Lipinski definition) is 4. The summed E-state index contributed by atoms with van der Waals surface area (Å²) in [5.74, 6) is -0.992. The average molecular weight is 440 g/mol. The molecule has 0 fully saturated rings. The standard InChI is InChI=1S/C21H18BrN3O3/c1-3-11-25-20(27)18(14-7-9-16(10-8-14)23-13(2)26)19(21(25)28)24-17-6-4-5-15(22)12-17/h3-10,12,24H,1,11H2,2H3,(H,23,26). The normalized spacial score (nSPS) is 13.7. The number of rotatable bonds is 6. The molecule has 6 nitrogen and oxygen atoms in total. The summed E-state index contributed by atoms with van der Waals surface area (Å²) in [5, 5.41) is 5.76. The second kappa shape index (κ2) is 8.22. The zero-order chi connectivity index (χ0) is 20.3. The lowest BCUT2D eigenvalue weighted by molar-refractivity contribution is -0.136. The predicted molar refractivity (Wildman–Crippen MR) is 112 cm³/mol. The smallest absolute Gasteiger partial charge is 0.278 e. The van der Waals surface area contributed by atoms with Crippen molar-refractivity contribution in [2.75, 3.05) is 17.2 Å². The Hall–Kier alpha value is -3.19. The molecule has 1 heterocycles. The van der Waals surface area contributed by atoms with Gasteiger partial charge in [0, 0.05) is 29.3 Å². The molecule has 0 saturated heterocycles. The van der Waals surface area contributed by atoms with E-state index < -0.39 is 11.8 Å². The molecular formula is C21H18BrN3O3. The quantitative estimate of drug-likeness (QED) is 0.530. The van der Waals surface area contributed by atoms with Gasteiger partial charge < -0.3 is 10.6 Å². The van der Waals surface area contributed by atoms with Crippen molar-refractivity contribution in [1.29, 1.82) is 0 Å². The van der Waals surface area contributed by atoms with Crippen LogP contribution in [0.5, 0.6) is 0 Å². The molecule has 0 aliphatic carbocycles. The molecule has 0 spiro atoms. The fraction of sp³-hybridized carbons (Fsp3) is 0.0952. The van der Waals surface area contributed by atoms with Gasteiger partial charge in [0.15, 0.2) is 0 Å². The molecule has 2 aromatic carbocycles. The van der Waals surface area contributed by atoms with Gasteiger partial charge in [0.1, 0.15) is 5.70 Å². The second-order valence-electron chi connectivity index (χ2n) is 6.15. The third-order valence-electron chi connectivity index (χ3n) is 4.07. The Kier molecular flexibility index (Phi) is 5.75. The van der Waals surface area contributed by atoms with Crippen molar-refractivity contribution >= 4 is 50.6 Å². The zero-order valence-electron chi connectivity index (χ0n) is 15.2. The van der Waals surface area contributed by atoms with E-state index in [9.17, 15) is 14.4 Å². The molecule has 3 amide bonds. The van der Waals surface area contributed by atoms with E-state index in [2.05, 4.69) is 33.1 Å². The van der Waals surface area contributed by atoms with Gasteiger partial charge in [0.2, 0.25) is 5.91 Å². The highest BCUT2D eigenvalue weighted by atomic mass is 79.9. The van der Waals surface area contributed by atoms with Crippen LogP contribution in [0.25, 0.3) is 5.57 Å². The maximum absolute atomic E-state index is 12.9. The third-order valence-corrected chi connectivity index (χ3v) is 4.56. The number of benzene rings is 2. The molecule has 2 aromatic rings. The summed E-state index contributed by atoms with van der Waals surface area (Å²) in [4.78, 5) is 38.1. The van der Waals surface area contributed by atoms with Gasteiger partial charge in [-0.25, -0.2) is 0 Å². The van der Waals surface area contributed by atoms with Crippen molar-refractivity contribution in [3.05, 3.63) is 76.9 Å². The number of carbonyl (C=O) groups excluding carboxylic acids is 3. The molecule has 0 radical (unpaired) electrons. The van der Waals surface area contributed by atoms with Crippen LogP contribution in [0, 0.1) is 0 Å². The van der Waals surface area contributed by atoms with Gasteiger partial charge in [-0.2, -0.15) is 0 Å². The van der Waals surface area contributed by atoms with Crippen LogP contribution in [0.3, 0.4) is 0 Å². The average Bonchev–Trinajstić information content (AvgIpc) is 2.87. The van der Waals surface area contributed by atoms with E-state index in [1.165, 1.54) is 13.0 Å². The summed E-state index contributed by atoms with van der Waals surface area (Å²) < 4.78 is 0.846. The Morgan fingerprint density at radius 1 is 1.11 bits per heavy atom. The van der Waals surface area contributed by atoms with Crippen LogP contribution < -0.4 is 10.6 Å². The molecule has 1 aliphatic heterocycles. The molecule has 7 heteroatoms. The van der Waals surface area contributed by atoms with Gasteiger partial charge in [0.25, 0.3) is 11.8 Å². The molecule has 0 unspecified atom stereocenters. The molecule has 0 atom stereocenters. The first-order chi connectivity index (χ1) is 13.4. The Balaban J connectivity index is 2.03. The van der Waals surface area contributed by atoms with Crippen molar-refractivity contribution in [3.63, 3.8) is 0 Å². The molecule has 3 rings (SSSR count). The Morgan fingerprint density at radius 2 is 1.82 bits per heavy atom. The first kappa shape index (κ1) is 19.6. The van der Waals surface area contributed by atoms with E-state index in [1.807, 2.05) is 24.3 Å². The summed E-state index contributed by atoms with van der Waals surface area (Å²) in [6.07, 6.45) is 1.51. The molecule has 0 saturated carbocycles. The number of halogens is 1. The summed E-state index contributed by atoms with van der Waals surface area (Å²) in [6.45, 7) is 5.16. The first-order valence-corrected chi connectivity index (χ1v) is 9.32. The van der Waals surface area contributed by atoms with Gasteiger partial charge in [0.05, 0.1) is 5.57 Å². The summed E-state index contributed by atoms with van der Waals surface area (Å²) in [7, 11) is 0. The highest BCUT2D eigenvalue weighted by molar-refractivity contribution is 9.10. The van der Waals surface area contributed by atoms with Crippen LogP contribution >= 0.6 is 15.9 Å². The van der Waals surface area contributed by atoms with Crippen LogP contribution in [0.2, 0.25) is 0 Å². The van der Waals surface area contributed by atoms with Crippen molar-refractivity contribution in [1.82, 2.24) is 4.90 Å². The second-order valence-corrected chi connectivity index (χ2v) is 7.07. The first-order valence-electron chi connectivity index (χ1n) is 8.52. The lowest BCUT2D eigenvalue weighted by Gasteiger charge is -2.12. The highest BCUT2D eigenvalue weighted by Crippen LogP contribution is 2.31. The van der Waals surface area contributed by atoms with Crippen LogP contribution in [-0.2, 0) is 14.4 Å². The zero-order valence-corrected chi connectivity index (χ0v) is 16.7. The van der Waals surface area contributed by atoms with Crippen LogP contribution in [0.1, 0.15) is 12.5 Å². The minimum atomic E-state index is -0.411. The van der Waals surface area contributed by atoms with E-state index in [0.717, 1.165) is 9.37 Å². The van der Waals surface area contributed by atoms with Crippen molar-refractivity contribution in [3.8, 4) is 0 Å². The number of hydrogen-bond donors (Lipinski definition) is 2. The van der Waals surface area contributed by atoms with E-state index in [1.54, 1.807) is 24.3 Å². The summed E-state index contributed by atoms with van der Waals surface area (Å²) in [5.41, 5.74) is 2.35. The number of imide groups is 1. The number of nitrogens with zero attached hydrogens (tertiary/aromatic N) is 1. The van der Waals surface area contributed by atoms with Gasteiger partial charge in [-0.15, -0.1) is 6.58 Å². The fourth-order valence-electron chi connectivity index (χ4n) is 2.89.